The van der Waals surface area contributed by atoms with Crippen molar-refractivity contribution in [2.24, 2.45) is 0 Å². The third-order valence-electron chi connectivity index (χ3n) is 3.37. The number of anilines is 1. The Bertz CT molecular complexity index is 998. The first kappa shape index (κ1) is 15.7. The van der Waals surface area contributed by atoms with Crippen molar-refractivity contribution in [3.8, 4) is 5.75 Å². The molecule has 0 bridgehead atoms. The van der Waals surface area contributed by atoms with Gasteiger partial charge in [-0.15, -0.1) is 0 Å². The maximum absolute atomic E-state index is 13.7. The van der Waals surface area contributed by atoms with Crippen molar-refractivity contribution in [3.05, 3.63) is 70.1 Å². The lowest BCUT2D eigenvalue weighted by atomic mass is 10.1. The highest BCUT2D eigenvalue weighted by molar-refractivity contribution is 6.12. The van der Waals surface area contributed by atoms with Crippen LogP contribution in [0.2, 0.25) is 0 Å². The first-order chi connectivity index (χ1) is 11.5. The van der Waals surface area contributed by atoms with E-state index < -0.39 is 23.2 Å². The number of nitrogens with one attached hydrogen (secondary N) is 1. The molecule has 7 heteroatoms. The number of hydrogen-bond acceptors (Lipinski definition) is 4. The smallest absolute Gasteiger partial charge is 0.337 e. The third-order valence-corrected chi connectivity index (χ3v) is 3.37. The summed E-state index contributed by atoms with van der Waals surface area (Å²) in [6, 6.07) is 8.24. The highest BCUT2D eigenvalue weighted by Gasteiger charge is 2.16. The van der Waals surface area contributed by atoms with Gasteiger partial charge >= 0.3 is 5.63 Å². The maximum Gasteiger partial charge on any atom is 0.337 e. The molecular formula is C17H11F2NO4. The number of halogens is 2. The van der Waals surface area contributed by atoms with Gasteiger partial charge in [0, 0.05) is 23.6 Å². The van der Waals surface area contributed by atoms with Crippen molar-refractivity contribution >= 4 is 22.6 Å². The van der Waals surface area contributed by atoms with Crippen LogP contribution in [-0.2, 0) is 0 Å². The number of rotatable bonds is 3. The van der Waals surface area contributed by atoms with Crippen molar-refractivity contribution in [3.63, 3.8) is 0 Å². The molecule has 3 aromatic rings. The average Bonchev–Trinajstić information content (AvgIpc) is 2.56. The van der Waals surface area contributed by atoms with Crippen LogP contribution >= 0.6 is 0 Å². The first-order valence-corrected chi connectivity index (χ1v) is 6.86. The van der Waals surface area contributed by atoms with Gasteiger partial charge in [0.25, 0.3) is 5.91 Å². The predicted molar refractivity (Wildman–Crippen MR) is 83.3 cm³/mol. The number of methoxy groups -OCH3 is 1. The lowest BCUT2D eigenvalue weighted by molar-refractivity contribution is 0.102. The summed E-state index contributed by atoms with van der Waals surface area (Å²) in [5.74, 6) is -1.81. The molecule has 24 heavy (non-hydrogen) atoms. The molecule has 1 amide bonds. The molecule has 122 valence electrons. The third kappa shape index (κ3) is 2.96. The minimum absolute atomic E-state index is 0.0208. The van der Waals surface area contributed by atoms with Gasteiger partial charge in [0.1, 0.15) is 23.0 Å². The first-order valence-electron chi connectivity index (χ1n) is 6.86. The van der Waals surface area contributed by atoms with Crippen molar-refractivity contribution in [2.75, 3.05) is 12.4 Å². The standard InChI is InChI=1S/C17H11F2NO4/c1-23-10-3-4-11-12(8-16(21)24-15(11)7-10)17(22)20-14-6-9(18)2-5-13(14)19/h2-8H,1H3,(H,20,22). The Labute approximate surface area is 134 Å². The molecule has 1 heterocycles. The number of ether oxygens (including phenoxy) is 1. The van der Waals surface area contributed by atoms with Crippen LogP contribution in [-0.4, -0.2) is 13.0 Å². The summed E-state index contributed by atoms with van der Waals surface area (Å²) >= 11 is 0. The largest absolute Gasteiger partial charge is 0.497 e. The lowest BCUT2D eigenvalue weighted by Crippen LogP contribution is -2.16. The number of fused-ring (bicyclic) bond motifs is 1. The van der Waals surface area contributed by atoms with E-state index in [2.05, 4.69) is 5.32 Å². The summed E-state index contributed by atoms with van der Waals surface area (Å²) in [6.07, 6.45) is 0. The van der Waals surface area contributed by atoms with E-state index >= 15 is 0 Å². The number of carbonyl (C=O) groups is 1. The van der Waals surface area contributed by atoms with Gasteiger partial charge in [-0.2, -0.15) is 0 Å². The van der Waals surface area contributed by atoms with E-state index in [-0.39, 0.29) is 16.8 Å². The number of benzene rings is 2. The Kier molecular flexibility index (Phi) is 3.99. The molecule has 0 radical (unpaired) electrons. The zero-order valence-electron chi connectivity index (χ0n) is 12.4. The fraction of sp³-hybridized carbons (Fsp3) is 0.0588. The number of hydrogen-bond donors (Lipinski definition) is 1. The molecule has 0 unspecified atom stereocenters. The van der Waals surface area contributed by atoms with Crippen LogP contribution in [0.1, 0.15) is 10.4 Å². The zero-order chi connectivity index (χ0) is 17.3. The van der Waals surface area contributed by atoms with Crippen molar-refractivity contribution < 1.29 is 22.7 Å². The molecule has 0 saturated carbocycles. The summed E-state index contributed by atoms with van der Waals surface area (Å²) in [5.41, 5.74) is -0.949. The normalized spacial score (nSPS) is 10.6. The second-order valence-electron chi connectivity index (χ2n) is 4.92. The minimum atomic E-state index is -0.793. The van der Waals surface area contributed by atoms with Crippen LogP contribution in [0.5, 0.6) is 5.75 Å². The molecule has 2 aromatic carbocycles. The quantitative estimate of drug-likeness (QED) is 0.748. The Morgan fingerprint density at radius 1 is 1.12 bits per heavy atom. The van der Waals surface area contributed by atoms with E-state index in [9.17, 15) is 18.4 Å². The van der Waals surface area contributed by atoms with E-state index in [0.29, 0.717) is 11.1 Å². The van der Waals surface area contributed by atoms with Crippen LogP contribution in [0.15, 0.2) is 51.7 Å². The molecule has 5 nitrogen and oxygen atoms in total. The predicted octanol–water partition coefficient (Wildman–Crippen LogP) is 3.33. The molecular weight excluding hydrogens is 320 g/mol. The molecule has 0 aliphatic heterocycles. The molecule has 0 aliphatic rings. The molecule has 0 atom stereocenters. The Hall–Kier alpha value is -3.22. The van der Waals surface area contributed by atoms with Crippen LogP contribution in [0, 0.1) is 11.6 Å². The van der Waals surface area contributed by atoms with Gasteiger partial charge in [-0.1, -0.05) is 0 Å². The summed E-state index contributed by atoms with van der Waals surface area (Å²) in [4.78, 5) is 24.0. The monoisotopic (exact) mass is 331 g/mol. The number of amides is 1. The minimum Gasteiger partial charge on any atom is -0.497 e. The molecule has 0 fully saturated rings. The Balaban J connectivity index is 2.06. The Morgan fingerprint density at radius 2 is 1.92 bits per heavy atom. The highest BCUT2D eigenvalue weighted by Crippen LogP contribution is 2.24. The fourth-order valence-electron chi connectivity index (χ4n) is 2.24. The van der Waals surface area contributed by atoms with Gasteiger partial charge in [-0.05, 0) is 24.3 Å². The second kappa shape index (κ2) is 6.11. The van der Waals surface area contributed by atoms with E-state index in [1.54, 1.807) is 6.07 Å². The lowest BCUT2D eigenvalue weighted by Gasteiger charge is -2.09. The summed E-state index contributed by atoms with van der Waals surface area (Å²) in [5, 5.41) is 2.59. The Morgan fingerprint density at radius 3 is 2.67 bits per heavy atom. The van der Waals surface area contributed by atoms with Gasteiger partial charge in [-0.25, -0.2) is 13.6 Å². The maximum atomic E-state index is 13.7. The van der Waals surface area contributed by atoms with Crippen molar-refractivity contribution in [1.82, 2.24) is 0 Å². The van der Waals surface area contributed by atoms with Gasteiger partial charge < -0.3 is 14.5 Å². The highest BCUT2D eigenvalue weighted by atomic mass is 19.1. The molecule has 3 rings (SSSR count). The summed E-state index contributed by atoms with van der Waals surface area (Å²) < 4.78 is 36.9. The fourth-order valence-corrected chi connectivity index (χ4v) is 2.24. The van der Waals surface area contributed by atoms with Crippen LogP contribution in [0.4, 0.5) is 14.5 Å². The van der Waals surface area contributed by atoms with Crippen LogP contribution < -0.4 is 15.7 Å². The van der Waals surface area contributed by atoms with Crippen molar-refractivity contribution in [1.29, 1.82) is 0 Å². The van der Waals surface area contributed by atoms with Gasteiger partial charge in [0.15, 0.2) is 0 Å². The second-order valence-corrected chi connectivity index (χ2v) is 4.92. The molecule has 0 aliphatic carbocycles. The summed E-state index contributed by atoms with van der Waals surface area (Å²) in [6.45, 7) is 0. The van der Waals surface area contributed by atoms with E-state index in [0.717, 1.165) is 24.3 Å². The van der Waals surface area contributed by atoms with Crippen LogP contribution in [0.25, 0.3) is 11.0 Å². The van der Waals surface area contributed by atoms with E-state index in [4.69, 9.17) is 9.15 Å². The SMILES string of the molecule is COc1ccc2c(C(=O)Nc3cc(F)ccc3F)cc(=O)oc2c1. The van der Waals surface area contributed by atoms with Gasteiger partial charge in [-0.3, -0.25) is 4.79 Å². The molecule has 0 spiro atoms. The molecule has 1 N–H and O–H groups in total. The van der Waals surface area contributed by atoms with E-state index in [1.807, 2.05) is 0 Å². The topological polar surface area (TPSA) is 68.5 Å². The average molecular weight is 331 g/mol. The summed E-state index contributed by atoms with van der Waals surface area (Å²) in [7, 11) is 1.45. The van der Waals surface area contributed by atoms with E-state index in [1.165, 1.54) is 19.2 Å². The zero-order valence-corrected chi connectivity index (χ0v) is 12.4. The number of carbonyl (C=O) groups excluding carboxylic acids is 1. The molecule has 0 saturated heterocycles. The van der Waals surface area contributed by atoms with Crippen molar-refractivity contribution in [2.45, 2.75) is 0 Å². The molecule has 1 aromatic heterocycles. The van der Waals surface area contributed by atoms with Gasteiger partial charge in [0.05, 0.1) is 18.4 Å². The van der Waals surface area contributed by atoms with Gasteiger partial charge in [0.2, 0.25) is 0 Å². The van der Waals surface area contributed by atoms with Crippen LogP contribution in [0.3, 0.4) is 0 Å².